The molecular formula is C34H26F9NO5. The highest BCUT2D eigenvalue weighted by atomic mass is 19.4. The zero-order valence-electron chi connectivity index (χ0n) is 25.5. The molecule has 1 aliphatic carbocycles. The van der Waals surface area contributed by atoms with Crippen molar-refractivity contribution < 1.29 is 63.7 Å². The van der Waals surface area contributed by atoms with E-state index in [-0.39, 0.29) is 28.5 Å². The van der Waals surface area contributed by atoms with Crippen molar-refractivity contribution in [2.45, 2.75) is 44.0 Å². The lowest BCUT2D eigenvalue weighted by Gasteiger charge is -2.32. The topological polar surface area (TPSA) is 76.1 Å². The standard InChI is InChI=1S/C34H26F9NO5/c1-17-29(19-11-22(33(38,39)40)15-23(12-19)34(41,42)43)49-31(47)44(17)16-20-13-21(32(35,36)37)8-9-25(20)27-14-18(7-10-28(27)48-2)24-5-3-4-6-26(24)30(45)46/h3-12,14-15,17,20,29H,13,16H2,1-2H3,(H,45,46)/t17-,20?,29-/m0/s1. The molecule has 0 saturated carbocycles. The molecular weight excluding hydrogens is 673 g/mol. The Kier molecular flexibility index (Phi) is 9.25. The van der Waals surface area contributed by atoms with Gasteiger partial charge in [-0.2, -0.15) is 39.5 Å². The summed E-state index contributed by atoms with van der Waals surface area (Å²) >= 11 is 0. The van der Waals surface area contributed by atoms with E-state index in [4.69, 9.17) is 9.47 Å². The SMILES string of the molecule is COc1ccc(-c2ccccc2C(=O)O)cc1C1=CC=C(C(F)(F)F)CC1CN1C(=O)O[C@H](c2cc(C(F)(F)F)cc(C(F)(F)F)c2)[C@@H]1C. The minimum atomic E-state index is -5.16. The summed E-state index contributed by atoms with van der Waals surface area (Å²) in [7, 11) is 1.31. The molecule has 0 bridgehead atoms. The van der Waals surface area contributed by atoms with Gasteiger partial charge in [0.15, 0.2) is 0 Å². The van der Waals surface area contributed by atoms with E-state index in [1.807, 2.05) is 0 Å². The largest absolute Gasteiger partial charge is 0.496 e. The van der Waals surface area contributed by atoms with E-state index in [9.17, 15) is 54.2 Å². The predicted octanol–water partition coefficient (Wildman–Crippen LogP) is 9.57. The van der Waals surface area contributed by atoms with E-state index in [1.54, 1.807) is 18.2 Å². The van der Waals surface area contributed by atoms with Gasteiger partial charge in [-0.05, 0) is 72.0 Å². The quantitative estimate of drug-likeness (QED) is 0.249. The summed E-state index contributed by atoms with van der Waals surface area (Å²) in [5.74, 6) is -2.14. The number of halogens is 9. The molecule has 3 atom stereocenters. The van der Waals surface area contributed by atoms with Crippen molar-refractivity contribution in [3.05, 3.63) is 106 Å². The second kappa shape index (κ2) is 12.8. The van der Waals surface area contributed by atoms with Crippen molar-refractivity contribution >= 4 is 17.6 Å². The van der Waals surface area contributed by atoms with Crippen molar-refractivity contribution in [1.82, 2.24) is 4.90 Å². The van der Waals surface area contributed by atoms with Gasteiger partial charge in [-0.1, -0.05) is 36.4 Å². The summed E-state index contributed by atoms with van der Waals surface area (Å²) in [5.41, 5.74) is -3.61. The number of carbonyl (C=O) groups excluding carboxylic acids is 1. The molecule has 2 aliphatic rings. The molecule has 0 spiro atoms. The maximum absolute atomic E-state index is 13.9. The maximum Gasteiger partial charge on any atom is 0.416 e. The van der Waals surface area contributed by atoms with Crippen LogP contribution in [0.4, 0.5) is 44.3 Å². The van der Waals surface area contributed by atoms with Crippen LogP contribution < -0.4 is 4.74 Å². The van der Waals surface area contributed by atoms with Crippen LogP contribution in [0.3, 0.4) is 0 Å². The summed E-state index contributed by atoms with van der Waals surface area (Å²) in [6.07, 6.45) is -16.5. The third-order valence-electron chi connectivity index (χ3n) is 8.46. The van der Waals surface area contributed by atoms with Crippen molar-refractivity contribution in [1.29, 1.82) is 0 Å². The third kappa shape index (κ3) is 7.25. The van der Waals surface area contributed by atoms with Gasteiger partial charge in [-0.15, -0.1) is 0 Å². The number of ether oxygens (including phenoxy) is 2. The lowest BCUT2D eigenvalue weighted by atomic mass is 9.81. The van der Waals surface area contributed by atoms with Gasteiger partial charge in [0, 0.05) is 23.6 Å². The number of nitrogens with zero attached hydrogens (tertiary/aromatic N) is 1. The van der Waals surface area contributed by atoms with E-state index < -0.39 is 83.9 Å². The van der Waals surface area contributed by atoms with E-state index in [0.717, 1.165) is 11.0 Å². The number of methoxy groups -OCH3 is 1. The minimum Gasteiger partial charge on any atom is -0.496 e. The van der Waals surface area contributed by atoms with Gasteiger partial charge < -0.3 is 19.5 Å². The Hall–Kier alpha value is -4.95. The van der Waals surface area contributed by atoms with Crippen LogP contribution in [-0.4, -0.2) is 47.9 Å². The Balaban J connectivity index is 1.55. The summed E-state index contributed by atoms with van der Waals surface area (Å²) in [6.45, 7) is 0.833. The Labute approximate surface area is 273 Å². The maximum atomic E-state index is 13.9. The van der Waals surface area contributed by atoms with Crippen molar-refractivity contribution in [3.63, 3.8) is 0 Å². The number of carboxylic acid groups (broad SMARTS) is 1. The molecule has 260 valence electrons. The number of alkyl halides is 9. The van der Waals surface area contributed by atoms with E-state index >= 15 is 0 Å². The van der Waals surface area contributed by atoms with Crippen LogP contribution in [0, 0.1) is 5.92 Å². The second-order valence-electron chi connectivity index (χ2n) is 11.5. The normalized spacial score (nSPS) is 20.1. The van der Waals surface area contributed by atoms with Crippen molar-refractivity contribution in [3.8, 4) is 16.9 Å². The number of carboxylic acids is 1. The first kappa shape index (κ1) is 35.4. The average molecular weight is 700 g/mol. The molecule has 5 rings (SSSR count). The second-order valence-corrected chi connectivity index (χ2v) is 11.5. The monoisotopic (exact) mass is 699 g/mol. The number of aromatic carboxylic acids is 1. The van der Waals surface area contributed by atoms with E-state index in [0.29, 0.717) is 23.3 Å². The molecule has 0 aromatic heterocycles. The molecule has 1 saturated heterocycles. The van der Waals surface area contributed by atoms with Crippen LogP contribution in [0.5, 0.6) is 5.75 Å². The highest BCUT2D eigenvalue weighted by Crippen LogP contribution is 2.46. The first-order chi connectivity index (χ1) is 22.8. The third-order valence-corrected chi connectivity index (χ3v) is 8.46. The lowest BCUT2D eigenvalue weighted by Crippen LogP contribution is -2.37. The Morgan fingerprint density at radius 1 is 0.878 bits per heavy atom. The van der Waals surface area contributed by atoms with Gasteiger partial charge in [0.05, 0.1) is 29.8 Å². The first-order valence-electron chi connectivity index (χ1n) is 14.5. The van der Waals surface area contributed by atoms with Crippen molar-refractivity contribution in [2.75, 3.05) is 13.7 Å². The number of rotatable bonds is 7. The van der Waals surface area contributed by atoms with Gasteiger partial charge in [0.2, 0.25) is 0 Å². The molecule has 1 fully saturated rings. The summed E-state index contributed by atoms with van der Waals surface area (Å²) in [5, 5.41) is 9.70. The van der Waals surface area contributed by atoms with Crippen LogP contribution >= 0.6 is 0 Å². The zero-order valence-corrected chi connectivity index (χ0v) is 25.5. The number of allylic oxidation sites excluding steroid dienone is 3. The number of hydrogen-bond donors (Lipinski definition) is 1. The number of carbonyl (C=O) groups is 2. The Bertz CT molecular complexity index is 1810. The fraction of sp³-hybridized carbons (Fsp3) is 0.294. The fourth-order valence-electron chi connectivity index (χ4n) is 6.05. The van der Waals surface area contributed by atoms with Gasteiger partial charge in [-0.25, -0.2) is 9.59 Å². The fourth-order valence-corrected chi connectivity index (χ4v) is 6.05. The highest BCUT2D eigenvalue weighted by molar-refractivity contribution is 5.96. The predicted molar refractivity (Wildman–Crippen MR) is 157 cm³/mol. The number of benzene rings is 3. The summed E-state index contributed by atoms with van der Waals surface area (Å²) in [4.78, 5) is 26.0. The molecule has 1 amide bonds. The van der Waals surface area contributed by atoms with Gasteiger partial charge >= 0.3 is 30.6 Å². The van der Waals surface area contributed by atoms with Crippen LogP contribution in [0.15, 0.2) is 78.4 Å². The Morgan fingerprint density at radius 3 is 2.08 bits per heavy atom. The molecule has 49 heavy (non-hydrogen) atoms. The molecule has 1 heterocycles. The molecule has 15 heteroatoms. The van der Waals surface area contributed by atoms with Gasteiger partial charge in [0.25, 0.3) is 0 Å². The molecule has 1 N–H and O–H groups in total. The van der Waals surface area contributed by atoms with Gasteiger partial charge in [-0.3, -0.25) is 0 Å². The van der Waals surface area contributed by atoms with E-state index in [1.165, 1.54) is 44.4 Å². The summed E-state index contributed by atoms with van der Waals surface area (Å²) < 4.78 is 134. The molecule has 3 aromatic carbocycles. The summed E-state index contributed by atoms with van der Waals surface area (Å²) in [6, 6.07) is 10.3. The van der Waals surface area contributed by atoms with Crippen LogP contribution in [0.1, 0.15) is 52.1 Å². The highest BCUT2D eigenvalue weighted by Gasteiger charge is 2.45. The van der Waals surface area contributed by atoms with E-state index in [2.05, 4.69) is 0 Å². The van der Waals surface area contributed by atoms with Crippen molar-refractivity contribution in [2.24, 2.45) is 5.92 Å². The minimum absolute atomic E-state index is 0.0463. The zero-order chi connectivity index (χ0) is 36.1. The lowest BCUT2D eigenvalue weighted by molar-refractivity contribution is -0.143. The molecule has 3 aromatic rings. The number of hydrogen-bond acceptors (Lipinski definition) is 4. The molecule has 1 unspecified atom stereocenters. The Morgan fingerprint density at radius 2 is 1.51 bits per heavy atom. The molecule has 6 nitrogen and oxygen atoms in total. The van der Waals surface area contributed by atoms with Gasteiger partial charge in [0.1, 0.15) is 11.9 Å². The first-order valence-corrected chi connectivity index (χ1v) is 14.5. The van der Waals surface area contributed by atoms with Crippen LogP contribution in [0.2, 0.25) is 0 Å². The smallest absolute Gasteiger partial charge is 0.416 e. The van der Waals surface area contributed by atoms with Crippen LogP contribution in [-0.2, 0) is 17.1 Å². The van der Waals surface area contributed by atoms with Crippen LogP contribution in [0.25, 0.3) is 16.7 Å². The number of cyclic esters (lactones) is 1. The molecule has 1 aliphatic heterocycles. The number of amides is 1. The molecule has 0 radical (unpaired) electrons. The average Bonchev–Trinajstić information content (AvgIpc) is 3.31.